The van der Waals surface area contributed by atoms with Crippen molar-refractivity contribution >= 4 is 11.6 Å². The molecule has 1 heterocycles. The van der Waals surface area contributed by atoms with Crippen molar-refractivity contribution in [1.29, 1.82) is 0 Å². The third kappa shape index (κ3) is 4.45. The molecule has 0 saturated heterocycles. The van der Waals surface area contributed by atoms with E-state index in [-0.39, 0.29) is 0 Å². The fraction of sp³-hybridized carbons (Fsp3) is 0.353. The van der Waals surface area contributed by atoms with Gasteiger partial charge in [-0.15, -0.1) is 0 Å². The summed E-state index contributed by atoms with van der Waals surface area (Å²) in [5, 5.41) is 4.10. The minimum Gasteiger partial charge on any atom is -0.438 e. The molecule has 0 aliphatic carbocycles. The van der Waals surface area contributed by atoms with E-state index in [9.17, 15) is 0 Å². The smallest absolute Gasteiger partial charge is 0.219 e. The molecule has 2 rings (SSSR count). The Hall–Kier alpha value is -1.58. The van der Waals surface area contributed by atoms with Crippen molar-refractivity contribution in [1.82, 2.24) is 10.3 Å². The molecule has 0 aliphatic heterocycles. The minimum absolute atomic E-state index is 0.447. The number of hydrogen-bond donors (Lipinski definition) is 1. The fourth-order valence-corrected chi connectivity index (χ4v) is 2.43. The standard InChI is InChI=1S/C17H21ClN2O/c1-11(2)20-10-14-5-6-19-16(9-14)21-17-12(3)7-15(18)8-13(17)4/h5-9,11,20H,10H2,1-4H3. The van der Waals surface area contributed by atoms with E-state index in [0.717, 1.165) is 34.0 Å². The van der Waals surface area contributed by atoms with Crippen molar-refractivity contribution in [3.8, 4) is 11.6 Å². The van der Waals surface area contributed by atoms with E-state index in [1.54, 1.807) is 6.20 Å². The number of rotatable bonds is 5. The Morgan fingerprint density at radius 2 is 1.86 bits per heavy atom. The average Bonchev–Trinajstić information content (AvgIpc) is 2.41. The first-order valence-corrected chi connectivity index (χ1v) is 7.46. The van der Waals surface area contributed by atoms with Crippen molar-refractivity contribution in [3.05, 3.63) is 52.2 Å². The van der Waals surface area contributed by atoms with Gasteiger partial charge in [-0.25, -0.2) is 4.98 Å². The maximum absolute atomic E-state index is 6.04. The number of aromatic nitrogens is 1. The van der Waals surface area contributed by atoms with Crippen LogP contribution >= 0.6 is 11.6 Å². The van der Waals surface area contributed by atoms with Gasteiger partial charge in [0.05, 0.1) is 0 Å². The molecule has 3 nitrogen and oxygen atoms in total. The molecule has 0 aliphatic rings. The SMILES string of the molecule is Cc1cc(Cl)cc(C)c1Oc1cc(CNC(C)C)ccn1. The molecule has 0 atom stereocenters. The molecular formula is C17H21ClN2O. The van der Waals surface area contributed by atoms with Crippen LogP contribution in [0.25, 0.3) is 0 Å². The Morgan fingerprint density at radius 3 is 2.48 bits per heavy atom. The lowest BCUT2D eigenvalue weighted by Gasteiger charge is -2.13. The van der Waals surface area contributed by atoms with Gasteiger partial charge in [0, 0.05) is 29.9 Å². The third-order valence-electron chi connectivity index (χ3n) is 3.15. The molecule has 0 amide bonds. The molecule has 0 radical (unpaired) electrons. The Morgan fingerprint density at radius 1 is 1.19 bits per heavy atom. The monoisotopic (exact) mass is 304 g/mol. The lowest BCUT2D eigenvalue weighted by molar-refractivity contribution is 0.454. The molecule has 0 fully saturated rings. The van der Waals surface area contributed by atoms with E-state index in [1.807, 2.05) is 38.1 Å². The first-order valence-electron chi connectivity index (χ1n) is 7.08. The van der Waals surface area contributed by atoms with Crippen LogP contribution in [0.3, 0.4) is 0 Å². The molecule has 0 bridgehead atoms. The lowest BCUT2D eigenvalue weighted by atomic mass is 10.1. The number of pyridine rings is 1. The summed E-state index contributed by atoms with van der Waals surface area (Å²) < 4.78 is 5.94. The Kier molecular flexibility index (Phi) is 5.21. The zero-order valence-corrected chi connectivity index (χ0v) is 13.7. The summed E-state index contributed by atoms with van der Waals surface area (Å²) in [4.78, 5) is 4.28. The van der Waals surface area contributed by atoms with Gasteiger partial charge in [-0.1, -0.05) is 25.4 Å². The van der Waals surface area contributed by atoms with Crippen LogP contribution in [0.1, 0.15) is 30.5 Å². The second-order valence-electron chi connectivity index (χ2n) is 5.51. The first-order chi connectivity index (χ1) is 9.95. The van der Waals surface area contributed by atoms with Gasteiger partial charge in [0.25, 0.3) is 0 Å². The predicted octanol–water partition coefficient (Wildman–Crippen LogP) is 4.64. The summed E-state index contributed by atoms with van der Waals surface area (Å²) in [6, 6.07) is 8.19. The number of nitrogens with zero attached hydrogens (tertiary/aromatic N) is 1. The van der Waals surface area contributed by atoms with Crippen LogP contribution < -0.4 is 10.1 Å². The van der Waals surface area contributed by atoms with Crippen molar-refractivity contribution in [2.45, 2.75) is 40.3 Å². The number of benzene rings is 1. The highest BCUT2D eigenvalue weighted by Gasteiger charge is 2.08. The van der Waals surface area contributed by atoms with E-state index in [4.69, 9.17) is 16.3 Å². The molecule has 2 aromatic rings. The zero-order valence-electron chi connectivity index (χ0n) is 12.9. The summed E-state index contributed by atoms with van der Waals surface area (Å²) >= 11 is 6.04. The molecule has 0 saturated carbocycles. The molecule has 112 valence electrons. The maximum Gasteiger partial charge on any atom is 0.219 e. The van der Waals surface area contributed by atoms with Crippen LogP contribution in [0.4, 0.5) is 0 Å². The number of hydrogen-bond acceptors (Lipinski definition) is 3. The van der Waals surface area contributed by atoms with Crippen LogP contribution in [0, 0.1) is 13.8 Å². The van der Waals surface area contributed by atoms with Gasteiger partial charge in [0.1, 0.15) is 5.75 Å². The van der Waals surface area contributed by atoms with Crippen molar-refractivity contribution in [3.63, 3.8) is 0 Å². The van der Waals surface area contributed by atoms with Crippen LogP contribution in [-0.2, 0) is 6.54 Å². The predicted molar refractivity (Wildman–Crippen MR) is 87.2 cm³/mol. The first kappa shape index (κ1) is 15.8. The van der Waals surface area contributed by atoms with E-state index in [2.05, 4.69) is 24.1 Å². The van der Waals surface area contributed by atoms with E-state index in [0.29, 0.717) is 11.9 Å². The summed E-state index contributed by atoms with van der Waals surface area (Å²) in [5.74, 6) is 1.42. The lowest BCUT2D eigenvalue weighted by Crippen LogP contribution is -2.21. The van der Waals surface area contributed by atoms with Gasteiger partial charge >= 0.3 is 0 Å². The van der Waals surface area contributed by atoms with Crippen LogP contribution in [0.2, 0.25) is 5.02 Å². The second kappa shape index (κ2) is 6.92. The highest BCUT2D eigenvalue weighted by Crippen LogP contribution is 2.30. The Labute approximate surface area is 131 Å². The maximum atomic E-state index is 6.04. The van der Waals surface area contributed by atoms with Gasteiger partial charge in [0.15, 0.2) is 0 Å². The van der Waals surface area contributed by atoms with Gasteiger partial charge in [0.2, 0.25) is 5.88 Å². The van der Waals surface area contributed by atoms with Gasteiger partial charge in [-0.05, 0) is 48.7 Å². The van der Waals surface area contributed by atoms with Crippen LogP contribution in [0.15, 0.2) is 30.5 Å². The van der Waals surface area contributed by atoms with E-state index >= 15 is 0 Å². The number of aryl methyl sites for hydroxylation is 2. The van der Waals surface area contributed by atoms with Crippen molar-refractivity contribution < 1.29 is 4.74 Å². The van der Waals surface area contributed by atoms with E-state index < -0.39 is 0 Å². The number of halogens is 1. The molecule has 0 spiro atoms. The molecule has 21 heavy (non-hydrogen) atoms. The Balaban J connectivity index is 2.18. The quantitative estimate of drug-likeness (QED) is 0.873. The van der Waals surface area contributed by atoms with Gasteiger partial charge < -0.3 is 10.1 Å². The number of nitrogens with one attached hydrogen (secondary N) is 1. The number of ether oxygens (including phenoxy) is 1. The highest BCUT2D eigenvalue weighted by molar-refractivity contribution is 6.30. The Bertz CT molecular complexity index is 603. The molecule has 1 N–H and O–H groups in total. The molecular weight excluding hydrogens is 284 g/mol. The molecule has 4 heteroatoms. The minimum atomic E-state index is 0.447. The normalized spacial score (nSPS) is 11.0. The zero-order chi connectivity index (χ0) is 15.4. The third-order valence-corrected chi connectivity index (χ3v) is 3.36. The molecule has 1 aromatic heterocycles. The van der Waals surface area contributed by atoms with E-state index in [1.165, 1.54) is 0 Å². The van der Waals surface area contributed by atoms with Crippen molar-refractivity contribution in [2.75, 3.05) is 0 Å². The van der Waals surface area contributed by atoms with Crippen molar-refractivity contribution in [2.24, 2.45) is 0 Å². The highest BCUT2D eigenvalue weighted by atomic mass is 35.5. The summed E-state index contributed by atoms with van der Waals surface area (Å²) in [7, 11) is 0. The summed E-state index contributed by atoms with van der Waals surface area (Å²) in [5.41, 5.74) is 3.16. The van der Waals surface area contributed by atoms with Gasteiger partial charge in [-0.2, -0.15) is 0 Å². The second-order valence-corrected chi connectivity index (χ2v) is 5.95. The molecule has 0 unspecified atom stereocenters. The average molecular weight is 305 g/mol. The molecule has 1 aromatic carbocycles. The topological polar surface area (TPSA) is 34.1 Å². The van der Waals surface area contributed by atoms with Crippen LogP contribution in [0.5, 0.6) is 11.6 Å². The summed E-state index contributed by atoms with van der Waals surface area (Å²) in [6.07, 6.45) is 1.77. The fourth-order valence-electron chi connectivity index (χ4n) is 2.10. The largest absolute Gasteiger partial charge is 0.438 e. The van der Waals surface area contributed by atoms with Crippen LogP contribution in [-0.4, -0.2) is 11.0 Å². The summed E-state index contributed by atoms with van der Waals surface area (Å²) in [6.45, 7) is 9.02. The van der Waals surface area contributed by atoms with Gasteiger partial charge in [-0.3, -0.25) is 0 Å².